The van der Waals surface area contributed by atoms with Gasteiger partial charge in [-0.2, -0.15) is 31.6 Å². The first-order chi connectivity index (χ1) is 43.9. The standard InChI is InChI=1S/C41H41ClN4O.C40H47ClN4O/c1-39(2,3)31-21-28(17-19-33-32(25-45)38(30(23-43)24-44)47-41(33,6)7)37(42)29(22-31)18-20-36-40(4,5)34-15-11-12-16-35(34)46(36)26-27-13-9-8-10-14-27;1-9-10-11-14-21-45-34-16-13-12-15-33(34)39(5,6)35(45)20-18-28-23-30(38(2,3)4)22-27(36(28)41)17-19-32-31(26-44)37(29(24-42)25-43)46-40(32,7)8/h8-20,31H,21-22,26H2,1-7H3;12-13,15-20,30H,9-11,14,21-23H2,1-8H3/b19-17+,29-18+,36-20+;19-17+,28-18+,35-20+. The smallest absolute Gasteiger partial charge is 0.172 e. The van der Waals surface area contributed by atoms with Crippen molar-refractivity contribution in [2.45, 2.75) is 184 Å². The molecular formula is C81H88Cl2N8O2. The van der Waals surface area contributed by atoms with E-state index >= 15 is 0 Å². The molecule has 478 valence electrons. The van der Waals surface area contributed by atoms with Crippen LogP contribution in [0.1, 0.15) is 172 Å². The summed E-state index contributed by atoms with van der Waals surface area (Å²) < 4.78 is 12.0. The highest BCUT2D eigenvalue weighted by Gasteiger charge is 2.44. The van der Waals surface area contributed by atoms with Crippen LogP contribution in [-0.2, 0) is 26.8 Å². The molecule has 4 heterocycles. The topological polar surface area (TPSA) is 168 Å². The summed E-state index contributed by atoms with van der Waals surface area (Å²) in [7, 11) is 0. The Morgan fingerprint density at radius 2 is 0.914 bits per heavy atom. The summed E-state index contributed by atoms with van der Waals surface area (Å²) in [5.74, 6) is 0.765. The Morgan fingerprint density at radius 1 is 0.516 bits per heavy atom. The Kier molecular flexibility index (Phi) is 21.3. The number of anilines is 2. The van der Waals surface area contributed by atoms with Crippen LogP contribution in [0.3, 0.4) is 0 Å². The summed E-state index contributed by atoms with van der Waals surface area (Å²) in [4.78, 5) is 4.93. The third-order valence-electron chi connectivity index (χ3n) is 19.4. The second-order valence-electron chi connectivity index (χ2n) is 29.2. The molecule has 3 aromatic carbocycles. The maximum atomic E-state index is 10.0. The average Bonchev–Trinajstić information content (AvgIpc) is 1.62. The van der Waals surface area contributed by atoms with Crippen LogP contribution in [0.2, 0.25) is 0 Å². The highest BCUT2D eigenvalue weighted by molar-refractivity contribution is 6.33. The van der Waals surface area contributed by atoms with Crippen molar-refractivity contribution in [3.05, 3.63) is 233 Å². The predicted molar refractivity (Wildman–Crippen MR) is 376 cm³/mol. The molecule has 0 bridgehead atoms. The lowest BCUT2D eigenvalue weighted by molar-refractivity contribution is 0.0950. The zero-order chi connectivity index (χ0) is 68.0. The van der Waals surface area contributed by atoms with Gasteiger partial charge in [0, 0.05) is 67.9 Å². The van der Waals surface area contributed by atoms with Gasteiger partial charge in [0.05, 0.1) is 0 Å². The van der Waals surface area contributed by atoms with Crippen molar-refractivity contribution >= 4 is 34.6 Å². The number of halogens is 2. The van der Waals surface area contributed by atoms with Gasteiger partial charge in [-0.15, -0.1) is 0 Å². The van der Waals surface area contributed by atoms with Gasteiger partial charge in [-0.1, -0.05) is 222 Å². The summed E-state index contributed by atoms with van der Waals surface area (Å²) in [5.41, 5.74) is 12.3. The minimum atomic E-state index is -0.894. The van der Waals surface area contributed by atoms with Gasteiger partial charge in [0.15, 0.2) is 22.7 Å². The Labute approximate surface area is 564 Å². The molecule has 4 aliphatic heterocycles. The minimum absolute atomic E-state index is 0.0301. The molecule has 2 atom stereocenters. The number of benzene rings is 3. The Morgan fingerprint density at radius 3 is 1.31 bits per heavy atom. The van der Waals surface area contributed by atoms with Crippen LogP contribution in [0.15, 0.2) is 216 Å². The van der Waals surface area contributed by atoms with Crippen LogP contribution in [-0.4, -0.2) is 17.7 Å². The zero-order valence-corrected chi connectivity index (χ0v) is 58.5. The molecule has 0 aromatic heterocycles. The molecule has 0 saturated heterocycles. The fourth-order valence-corrected chi connectivity index (χ4v) is 14.2. The van der Waals surface area contributed by atoms with Gasteiger partial charge < -0.3 is 19.3 Å². The zero-order valence-electron chi connectivity index (χ0n) is 57.0. The fraction of sp³-hybridized carbons (Fsp3) is 0.407. The van der Waals surface area contributed by atoms with E-state index in [0.29, 0.717) is 28.0 Å². The fourth-order valence-electron chi connectivity index (χ4n) is 13.6. The van der Waals surface area contributed by atoms with E-state index in [1.54, 1.807) is 0 Å². The average molecular weight is 1280 g/mol. The van der Waals surface area contributed by atoms with Crippen LogP contribution < -0.4 is 9.80 Å². The molecule has 6 aliphatic rings. The Balaban J connectivity index is 0.000000239. The van der Waals surface area contributed by atoms with E-state index in [2.05, 4.69) is 195 Å². The number of ether oxygens (including phenoxy) is 2. The first-order valence-corrected chi connectivity index (χ1v) is 33.2. The number of allylic oxidation sites excluding steroid dienone is 18. The summed E-state index contributed by atoms with van der Waals surface area (Å²) in [6.07, 6.45) is 24.8. The molecular weight excluding hydrogens is 1190 g/mol. The Hall–Kier alpha value is -8.74. The molecule has 2 aliphatic carbocycles. The van der Waals surface area contributed by atoms with Gasteiger partial charge in [0.2, 0.25) is 0 Å². The summed E-state index contributed by atoms with van der Waals surface area (Å²) in [5, 5.41) is 59.3. The van der Waals surface area contributed by atoms with Crippen LogP contribution in [0.5, 0.6) is 0 Å². The van der Waals surface area contributed by atoms with E-state index < -0.39 is 11.2 Å². The number of nitriles is 6. The molecule has 3 aromatic rings. The SMILES string of the molecule is CC1(C)OC(=C(C#N)C#N)C(C#N)=C1/C=C/C1=C(Cl)C(=C/C=C2/N(Cc3ccccc3)c3ccccc3C2(C)C)/CC(C(C)(C)C)C1.CCCCCCN1/C(=C/C=C2\CC(C(C)(C)C)CC(/C=C/C3=C(C#N)C(=C(C#N)C#N)OC3(C)C)=C2Cl)C(C)(C)c2ccccc21. The second kappa shape index (κ2) is 28.2. The van der Waals surface area contributed by atoms with Crippen LogP contribution in [0.4, 0.5) is 11.4 Å². The molecule has 0 saturated carbocycles. The second-order valence-corrected chi connectivity index (χ2v) is 30.0. The van der Waals surface area contributed by atoms with Gasteiger partial charge in [0.25, 0.3) is 0 Å². The van der Waals surface area contributed by atoms with Crippen molar-refractivity contribution < 1.29 is 9.47 Å². The maximum Gasteiger partial charge on any atom is 0.172 e. The maximum absolute atomic E-state index is 10.0. The number of fused-ring (bicyclic) bond motifs is 2. The molecule has 93 heavy (non-hydrogen) atoms. The highest BCUT2D eigenvalue weighted by atomic mass is 35.5. The molecule has 0 radical (unpaired) electrons. The number of unbranched alkanes of at least 4 members (excludes halogenated alkanes) is 3. The van der Waals surface area contributed by atoms with Gasteiger partial charge in [0.1, 0.15) is 58.8 Å². The van der Waals surface area contributed by atoms with Crippen LogP contribution in [0.25, 0.3) is 0 Å². The summed E-state index contributed by atoms with van der Waals surface area (Å²) in [6.45, 7) is 34.1. The first-order valence-electron chi connectivity index (χ1n) is 32.5. The van der Waals surface area contributed by atoms with Gasteiger partial charge in [-0.25, -0.2) is 0 Å². The lowest BCUT2D eigenvalue weighted by Gasteiger charge is -2.36. The van der Waals surface area contributed by atoms with Crippen LogP contribution >= 0.6 is 23.2 Å². The molecule has 10 nitrogen and oxygen atoms in total. The number of rotatable bonds is 13. The third kappa shape index (κ3) is 14.7. The predicted octanol–water partition coefficient (Wildman–Crippen LogP) is 20.8. The van der Waals surface area contributed by atoms with Gasteiger partial charge in [-0.3, -0.25) is 0 Å². The number of hydrogen-bond acceptors (Lipinski definition) is 10. The highest BCUT2D eigenvalue weighted by Crippen LogP contribution is 2.52. The Bertz CT molecular complexity index is 4090. The number of hydrogen-bond donors (Lipinski definition) is 0. The van der Waals surface area contributed by atoms with E-state index in [9.17, 15) is 31.6 Å². The molecule has 2 unspecified atom stereocenters. The molecule has 9 rings (SSSR count). The number of nitrogens with zero attached hydrogens (tertiary/aromatic N) is 8. The largest absolute Gasteiger partial charge is 0.480 e. The van der Waals surface area contributed by atoms with Crippen molar-refractivity contribution in [2.24, 2.45) is 22.7 Å². The molecule has 0 fully saturated rings. The van der Waals surface area contributed by atoms with Crippen molar-refractivity contribution in [2.75, 3.05) is 16.3 Å². The van der Waals surface area contributed by atoms with Gasteiger partial charge in [-0.05, 0) is 146 Å². The summed E-state index contributed by atoms with van der Waals surface area (Å²) >= 11 is 14.5. The van der Waals surface area contributed by atoms with E-state index in [0.717, 1.165) is 72.5 Å². The molecule has 0 N–H and O–H groups in total. The van der Waals surface area contributed by atoms with Crippen molar-refractivity contribution in [3.8, 4) is 36.4 Å². The van der Waals surface area contributed by atoms with Gasteiger partial charge >= 0.3 is 0 Å². The number of para-hydroxylation sites is 2. The van der Waals surface area contributed by atoms with Crippen molar-refractivity contribution in [1.29, 1.82) is 31.6 Å². The van der Waals surface area contributed by atoms with Crippen molar-refractivity contribution in [3.63, 3.8) is 0 Å². The lowest BCUT2D eigenvalue weighted by atomic mass is 9.70. The minimum Gasteiger partial charge on any atom is -0.480 e. The monoisotopic (exact) mass is 1270 g/mol. The third-order valence-corrected chi connectivity index (χ3v) is 20.3. The summed E-state index contributed by atoms with van der Waals surface area (Å²) in [6, 6.07) is 39.7. The normalized spacial score (nSPS) is 22.1. The first kappa shape index (κ1) is 70.1. The van der Waals surface area contributed by atoms with E-state index in [4.69, 9.17) is 32.7 Å². The van der Waals surface area contributed by atoms with Crippen LogP contribution in [0, 0.1) is 90.7 Å². The van der Waals surface area contributed by atoms with Crippen molar-refractivity contribution in [1.82, 2.24) is 0 Å². The molecule has 12 heteroatoms. The van der Waals surface area contributed by atoms with E-state index in [-0.39, 0.29) is 55.5 Å². The molecule has 0 amide bonds. The lowest BCUT2D eigenvalue weighted by Crippen LogP contribution is -2.27. The van der Waals surface area contributed by atoms with E-state index in [1.165, 1.54) is 58.7 Å². The molecule has 0 spiro atoms. The quantitative estimate of drug-likeness (QED) is 0.119. The van der Waals surface area contributed by atoms with E-state index in [1.807, 2.05) is 82.3 Å².